The highest BCUT2D eigenvalue weighted by Crippen LogP contribution is 2.57. The average molecular weight is 518 g/mol. The number of aromatic hydroxyl groups is 1. The molecule has 5 aliphatic rings. The molecule has 0 spiro atoms. The molecule has 2 heterocycles. The fourth-order valence-electron chi connectivity index (χ4n) is 8.37. The Kier molecular flexibility index (Phi) is 5.58. The van der Waals surface area contributed by atoms with Gasteiger partial charge in [0.2, 0.25) is 0 Å². The van der Waals surface area contributed by atoms with Crippen molar-refractivity contribution in [2.75, 3.05) is 20.1 Å². The second-order valence-corrected chi connectivity index (χ2v) is 12.8. The largest absolute Gasteiger partial charge is 0.508 e. The molecule has 7 rings (SSSR count). The first-order valence-corrected chi connectivity index (χ1v) is 14.6. The minimum absolute atomic E-state index is 0.0296. The third kappa shape index (κ3) is 3.61. The third-order valence-electron chi connectivity index (χ3n) is 10.7. The van der Waals surface area contributed by atoms with Gasteiger partial charge in [-0.3, -0.25) is 14.5 Å². The van der Waals surface area contributed by atoms with Gasteiger partial charge in [0.1, 0.15) is 11.3 Å². The summed E-state index contributed by atoms with van der Waals surface area (Å²) in [6.45, 7) is 1.92. The van der Waals surface area contributed by atoms with Gasteiger partial charge in [-0.25, -0.2) is 0 Å². The first-order valence-electron chi connectivity index (χ1n) is 14.6. The van der Waals surface area contributed by atoms with Crippen LogP contribution in [0.25, 0.3) is 0 Å². The number of H-pyrrole nitrogens is 1. The summed E-state index contributed by atoms with van der Waals surface area (Å²) in [5.41, 5.74) is 2.13. The lowest BCUT2D eigenvalue weighted by Gasteiger charge is -2.63. The van der Waals surface area contributed by atoms with E-state index in [-0.39, 0.29) is 34.9 Å². The lowest BCUT2D eigenvalue weighted by Crippen LogP contribution is -2.74. The maximum atomic E-state index is 13.5. The highest BCUT2D eigenvalue weighted by molar-refractivity contribution is 5.94. The number of aromatic amines is 1. The Labute approximate surface area is 223 Å². The zero-order chi connectivity index (χ0) is 26.2. The molecule has 3 fully saturated rings. The van der Waals surface area contributed by atoms with E-state index in [1.807, 2.05) is 19.2 Å². The lowest BCUT2D eigenvalue weighted by molar-refractivity contribution is -0.152. The normalized spacial score (nSPS) is 30.7. The van der Waals surface area contributed by atoms with Crippen molar-refractivity contribution in [3.05, 3.63) is 62.6 Å². The van der Waals surface area contributed by atoms with Crippen LogP contribution in [0.3, 0.4) is 0 Å². The van der Waals surface area contributed by atoms with Crippen molar-refractivity contribution in [1.29, 1.82) is 0 Å². The number of benzene rings is 1. The minimum atomic E-state index is -1.04. The van der Waals surface area contributed by atoms with Crippen LogP contribution in [0, 0.1) is 5.92 Å². The van der Waals surface area contributed by atoms with Gasteiger partial charge in [-0.05, 0) is 85.9 Å². The number of rotatable bonds is 4. The average Bonchev–Trinajstić information content (AvgIpc) is 3.73. The maximum Gasteiger partial charge on any atom is 0.261 e. The van der Waals surface area contributed by atoms with E-state index >= 15 is 0 Å². The van der Waals surface area contributed by atoms with Crippen LogP contribution in [0.2, 0.25) is 0 Å². The quantitative estimate of drug-likeness (QED) is 0.578. The van der Waals surface area contributed by atoms with Crippen LogP contribution >= 0.6 is 0 Å². The number of amides is 1. The molecular weight excluding hydrogens is 478 g/mol. The predicted octanol–water partition coefficient (Wildman–Crippen LogP) is 3.29. The summed E-state index contributed by atoms with van der Waals surface area (Å²) >= 11 is 0. The number of pyridine rings is 1. The molecule has 3 N–H and O–H groups in total. The molecule has 2 aromatic rings. The number of carbonyl (C=O) groups excluding carboxylic acids is 1. The van der Waals surface area contributed by atoms with E-state index in [1.54, 1.807) is 17.0 Å². The second-order valence-electron chi connectivity index (χ2n) is 12.8. The summed E-state index contributed by atoms with van der Waals surface area (Å²) < 4.78 is 0. The van der Waals surface area contributed by atoms with Crippen molar-refractivity contribution >= 4 is 5.91 Å². The molecule has 202 valence electrons. The van der Waals surface area contributed by atoms with Gasteiger partial charge < -0.3 is 20.1 Å². The summed E-state index contributed by atoms with van der Waals surface area (Å²) in [5.74, 6) is 0.715. The van der Waals surface area contributed by atoms with Crippen molar-refractivity contribution in [3.63, 3.8) is 0 Å². The number of fused-ring (bicyclic) bond motifs is 2. The van der Waals surface area contributed by atoms with E-state index in [9.17, 15) is 19.8 Å². The van der Waals surface area contributed by atoms with E-state index in [4.69, 9.17) is 0 Å². The molecule has 4 aliphatic carbocycles. The van der Waals surface area contributed by atoms with E-state index in [2.05, 4.69) is 9.88 Å². The van der Waals surface area contributed by atoms with Crippen molar-refractivity contribution in [2.24, 2.45) is 5.92 Å². The monoisotopic (exact) mass is 517 g/mol. The first kappa shape index (κ1) is 24.4. The van der Waals surface area contributed by atoms with Gasteiger partial charge in [0.15, 0.2) is 0 Å². The number of hydrogen-bond donors (Lipinski definition) is 3. The summed E-state index contributed by atoms with van der Waals surface area (Å²) in [7, 11) is 1.82. The van der Waals surface area contributed by atoms with Crippen molar-refractivity contribution in [2.45, 2.75) is 93.7 Å². The van der Waals surface area contributed by atoms with Gasteiger partial charge in [-0.15, -0.1) is 0 Å². The molecular formula is C31H39N3O4. The molecule has 2 bridgehead atoms. The van der Waals surface area contributed by atoms with Crippen LogP contribution in [-0.2, 0) is 24.7 Å². The number of piperidine rings is 1. The molecule has 0 unspecified atom stereocenters. The van der Waals surface area contributed by atoms with Crippen LogP contribution < -0.4 is 5.56 Å². The molecule has 7 heteroatoms. The molecule has 0 radical (unpaired) electrons. The number of aromatic nitrogens is 1. The maximum absolute atomic E-state index is 13.5. The number of nitrogens with zero attached hydrogens (tertiary/aromatic N) is 2. The van der Waals surface area contributed by atoms with Gasteiger partial charge in [0.05, 0.1) is 5.60 Å². The Morgan fingerprint density at radius 1 is 1.11 bits per heavy atom. The standard InChI is InChI=1S/C31H39N3O4/c1-33(22-5-3-2-4-6-22)29(37)24-13-21-16-31(38)27-14-20-9-10-23(35)15-25(20)30(31,17-26(21)32-28(24)36)11-12-34(27)18-19-7-8-19/h9-10,13,15,19,22,27,35,38H,2-8,11-12,14,16-18H2,1H3,(H,32,36)/t27-,30-,31-/m1/s1. The number of carbonyl (C=O) groups is 1. The Morgan fingerprint density at radius 2 is 1.89 bits per heavy atom. The zero-order valence-corrected chi connectivity index (χ0v) is 22.3. The first-order chi connectivity index (χ1) is 18.3. The Bertz CT molecular complexity index is 1340. The molecule has 3 atom stereocenters. The number of nitrogens with one attached hydrogen (secondary N) is 1. The molecule has 7 nitrogen and oxygen atoms in total. The van der Waals surface area contributed by atoms with Gasteiger partial charge >= 0.3 is 0 Å². The smallest absolute Gasteiger partial charge is 0.261 e. The van der Waals surface area contributed by atoms with E-state index in [0.717, 1.165) is 74.4 Å². The zero-order valence-electron chi connectivity index (χ0n) is 22.3. The van der Waals surface area contributed by atoms with Gasteiger partial charge in [-0.2, -0.15) is 0 Å². The molecule has 1 aromatic heterocycles. The van der Waals surface area contributed by atoms with Crippen LogP contribution in [-0.4, -0.2) is 68.7 Å². The Morgan fingerprint density at radius 3 is 2.66 bits per heavy atom. The van der Waals surface area contributed by atoms with Crippen molar-refractivity contribution < 1.29 is 15.0 Å². The molecule has 2 saturated carbocycles. The van der Waals surface area contributed by atoms with Crippen molar-refractivity contribution in [3.8, 4) is 5.75 Å². The predicted molar refractivity (Wildman–Crippen MR) is 145 cm³/mol. The van der Waals surface area contributed by atoms with Gasteiger partial charge in [-0.1, -0.05) is 25.3 Å². The molecule has 1 aliphatic heterocycles. The number of phenols is 1. The number of phenolic OH excluding ortho intramolecular Hbond substituents is 1. The summed E-state index contributed by atoms with van der Waals surface area (Å²) in [5, 5.41) is 23.2. The molecule has 38 heavy (non-hydrogen) atoms. The SMILES string of the molecule is CN(C(=O)c1cc2c([nH]c1=O)C[C@]13CCN(CC4CC4)[C@H](Cc4ccc(O)cc41)[C@]3(O)C2)C1CCCCC1. The minimum Gasteiger partial charge on any atom is -0.508 e. The molecule has 1 amide bonds. The highest BCUT2D eigenvalue weighted by atomic mass is 16.3. The van der Waals surface area contributed by atoms with Crippen LogP contribution in [0.4, 0.5) is 0 Å². The van der Waals surface area contributed by atoms with Gasteiger partial charge in [0.25, 0.3) is 11.5 Å². The number of likely N-dealkylation sites (tertiary alicyclic amines) is 1. The number of hydrogen-bond acceptors (Lipinski definition) is 5. The van der Waals surface area contributed by atoms with Gasteiger partial charge in [0, 0.05) is 49.6 Å². The van der Waals surface area contributed by atoms with Crippen molar-refractivity contribution in [1.82, 2.24) is 14.8 Å². The Hall–Kier alpha value is -2.64. The van der Waals surface area contributed by atoms with E-state index < -0.39 is 11.0 Å². The highest BCUT2D eigenvalue weighted by Gasteiger charge is 2.64. The lowest BCUT2D eigenvalue weighted by atomic mass is 9.49. The van der Waals surface area contributed by atoms with Crippen LogP contribution in [0.1, 0.15) is 84.1 Å². The van der Waals surface area contributed by atoms with E-state index in [0.29, 0.717) is 12.8 Å². The molecule has 1 saturated heterocycles. The van der Waals surface area contributed by atoms with Crippen LogP contribution in [0.5, 0.6) is 5.75 Å². The van der Waals surface area contributed by atoms with E-state index in [1.165, 1.54) is 24.8 Å². The fraction of sp³-hybridized carbons (Fsp3) is 0.613. The fourth-order valence-corrected chi connectivity index (χ4v) is 8.37. The third-order valence-corrected chi connectivity index (χ3v) is 10.7. The summed E-state index contributed by atoms with van der Waals surface area (Å²) in [4.78, 5) is 34.2. The summed E-state index contributed by atoms with van der Waals surface area (Å²) in [6, 6.07) is 7.53. The Balaban J connectivity index is 1.30. The van der Waals surface area contributed by atoms with Crippen LogP contribution in [0.15, 0.2) is 29.1 Å². The molecule has 1 aromatic carbocycles. The summed E-state index contributed by atoms with van der Waals surface area (Å²) in [6.07, 6.45) is 10.4. The number of aliphatic hydroxyl groups is 1. The second kappa shape index (κ2) is 8.68. The topological polar surface area (TPSA) is 96.9 Å².